The number of amides is 2. The van der Waals surface area contributed by atoms with Gasteiger partial charge in [0.2, 0.25) is 11.8 Å². The Morgan fingerprint density at radius 3 is 2.58 bits per heavy atom. The lowest BCUT2D eigenvalue weighted by atomic mass is 9.94. The molecule has 1 aliphatic carbocycles. The van der Waals surface area contributed by atoms with Crippen molar-refractivity contribution in [2.45, 2.75) is 49.8 Å². The molecule has 2 aromatic carbocycles. The molecule has 1 aromatic heterocycles. The summed E-state index contributed by atoms with van der Waals surface area (Å²) in [5, 5.41) is 3.56. The molecule has 7 nitrogen and oxygen atoms in total. The van der Waals surface area contributed by atoms with Gasteiger partial charge in [-0.05, 0) is 49.2 Å². The number of ether oxygens (including phenoxy) is 1. The van der Waals surface area contributed by atoms with Crippen molar-refractivity contribution in [3.8, 4) is 5.75 Å². The molecular formula is C25H30N4O3S. The van der Waals surface area contributed by atoms with Crippen molar-refractivity contribution in [1.29, 1.82) is 0 Å². The van der Waals surface area contributed by atoms with Crippen molar-refractivity contribution in [3.63, 3.8) is 0 Å². The smallest absolute Gasteiger partial charge is 0.242 e. The average Bonchev–Trinajstić information content (AvgIpc) is 3.20. The summed E-state index contributed by atoms with van der Waals surface area (Å²) in [4.78, 5) is 32.2. The molecule has 174 valence electrons. The molecule has 1 N–H and O–H groups in total. The molecule has 1 aliphatic rings. The van der Waals surface area contributed by atoms with Gasteiger partial charge in [0.05, 0.1) is 23.9 Å². The maximum absolute atomic E-state index is 13.1. The van der Waals surface area contributed by atoms with Crippen molar-refractivity contribution in [2.24, 2.45) is 0 Å². The highest BCUT2D eigenvalue weighted by molar-refractivity contribution is 7.99. The lowest BCUT2D eigenvalue weighted by Gasteiger charge is -2.31. The summed E-state index contributed by atoms with van der Waals surface area (Å²) in [6, 6.07) is 15.3. The van der Waals surface area contributed by atoms with Gasteiger partial charge in [0.25, 0.3) is 0 Å². The Bertz CT molecular complexity index is 1110. The third-order valence-electron chi connectivity index (χ3n) is 6.13. The number of fused-ring (bicyclic) bond motifs is 1. The normalized spacial score (nSPS) is 14.2. The van der Waals surface area contributed by atoms with Gasteiger partial charge in [-0.25, -0.2) is 4.98 Å². The van der Waals surface area contributed by atoms with E-state index in [4.69, 9.17) is 9.72 Å². The second kappa shape index (κ2) is 10.7. The Morgan fingerprint density at radius 2 is 1.85 bits per heavy atom. The Labute approximate surface area is 198 Å². The fourth-order valence-electron chi connectivity index (χ4n) is 4.24. The molecule has 2 amide bonds. The standard InChI is InChI=1S/C25H30N4O3S/c1-28(19-8-4-3-5-9-19)24(31)16-29-22-11-7-6-10-21(22)27-25(29)33-17-23(30)26-18-12-14-20(32-2)15-13-18/h6-7,10-15,19H,3-5,8-9,16-17H2,1-2H3,(H,26,30). The largest absolute Gasteiger partial charge is 0.497 e. The van der Waals surface area contributed by atoms with E-state index in [9.17, 15) is 9.59 Å². The number of anilines is 1. The fourth-order valence-corrected chi connectivity index (χ4v) is 5.05. The number of aromatic nitrogens is 2. The number of hydrogen-bond donors (Lipinski definition) is 1. The Morgan fingerprint density at radius 1 is 1.12 bits per heavy atom. The van der Waals surface area contributed by atoms with Crippen molar-refractivity contribution >= 4 is 40.3 Å². The Kier molecular flexibility index (Phi) is 7.54. The van der Waals surface area contributed by atoms with Crippen LogP contribution in [0.2, 0.25) is 0 Å². The molecule has 0 spiro atoms. The number of methoxy groups -OCH3 is 1. The molecule has 0 unspecified atom stereocenters. The summed E-state index contributed by atoms with van der Waals surface area (Å²) in [6.07, 6.45) is 5.76. The van der Waals surface area contributed by atoms with Gasteiger partial charge in [0.1, 0.15) is 12.3 Å². The van der Waals surface area contributed by atoms with Crippen LogP contribution in [0.3, 0.4) is 0 Å². The molecule has 0 saturated heterocycles. The summed E-state index contributed by atoms with van der Waals surface area (Å²) >= 11 is 1.34. The predicted octanol–water partition coefficient (Wildman–Crippen LogP) is 4.57. The first kappa shape index (κ1) is 23.2. The van der Waals surface area contributed by atoms with E-state index in [2.05, 4.69) is 5.32 Å². The van der Waals surface area contributed by atoms with Gasteiger partial charge in [-0.3, -0.25) is 9.59 Å². The van der Waals surface area contributed by atoms with Crippen LogP contribution < -0.4 is 10.1 Å². The zero-order valence-corrected chi connectivity index (χ0v) is 19.9. The number of carbonyl (C=O) groups excluding carboxylic acids is 2. The fraction of sp³-hybridized carbons (Fsp3) is 0.400. The Hall–Kier alpha value is -3.00. The number of benzene rings is 2. The zero-order valence-electron chi connectivity index (χ0n) is 19.1. The van der Waals surface area contributed by atoms with E-state index in [1.54, 1.807) is 31.4 Å². The van der Waals surface area contributed by atoms with Gasteiger partial charge >= 0.3 is 0 Å². The topological polar surface area (TPSA) is 76.5 Å². The first-order valence-corrected chi connectivity index (χ1v) is 12.3. The van der Waals surface area contributed by atoms with E-state index in [-0.39, 0.29) is 24.1 Å². The van der Waals surface area contributed by atoms with Crippen LogP contribution in [0.5, 0.6) is 5.75 Å². The molecule has 4 rings (SSSR count). The van der Waals surface area contributed by atoms with Crippen LogP contribution >= 0.6 is 11.8 Å². The predicted molar refractivity (Wildman–Crippen MR) is 132 cm³/mol. The number of likely N-dealkylation sites (N-methyl/N-ethyl adjacent to an activating group) is 1. The number of carbonyl (C=O) groups is 2. The van der Waals surface area contributed by atoms with Gasteiger partial charge in [0, 0.05) is 18.8 Å². The van der Waals surface area contributed by atoms with E-state index in [0.717, 1.165) is 29.6 Å². The maximum atomic E-state index is 13.1. The van der Waals surface area contributed by atoms with Crippen molar-refractivity contribution in [3.05, 3.63) is 48.5 Å². The highest BCUT2D eigenvalue weighted by Gasteiger charge is 2.24. The monoisotopic (exact) mass is 466 g/mol. The average molecular weight is 467 g/mol. The summed E-state index contributed by atoms with van der Waals surface area (Å²) in [5.41, 5.74) is 2.43. The molecule has 0 atom stereocenters. The number of nitrogens with zero attached hydrogens (tertiary/aromatic N) is 3. The van der Waals surface area contributed by atoms with Crippen LogP contribution in [-0.2, 0) is 16.1 Å². The molecule has 1 saturated carbocycles. The van der Waals surface area contributed by atoms with Crippen LogP contribution in [-0.4, -0.2) is 52.2 Å². The minimum absolute atomic E-state index is 0.0783. The highest BCUT2D eigenvalue weighted by Crippen LogP contribution is 2.26. The Balaban J connectivity index is 1.45. The van der Waals surface area contributed by atoms with Crippen LogP contribution in [0.4, 0.5) is 5.69 Å². The SMILES string of the molecule is COc1ccc(NC(=O)CSc2nc3ccccc3n2CC(=O)N(C)C2CCCCC2)cc1. The molecule has 8 heteroatoms. The molecule has 0 bridgehead atoms. The lowest BCUT2D eigenvalue weighted by molar-refractivity contribution is -0.133. The van der Waals surface area contributed by atoms with E-state index >= 15 is 0 Å². The molecule has 1 heterocycles. The summed E-state index contributed by atoms with van der Waals surface area (Å²) < 4.78 is 7.08. The van der Waals surface area contributed by atoms with Crippen molar-refractivity contribution < 1.29 is 14.3 Å². The summed E-state index contributed by atoms with van der Waals surface area (Å²) in [7, 11) is 3.51. The number of imidazole rings is 1. The second-order valence-electron chi connectivity index (χ2n) is 8.33. The third kappa shape index (κ3) is 5.68. The molecule has 1 fully saturated rings. The number of nitrogens with one attached hydrogen (secondary N) is 1. The van der Waals surface area contributed by atoms with Crippen molar-refractivity contribution in [2.75, 3.05) is 25.2 Å². The van der Waals surface area contributed by atoms with Crippen LogP contribution in [0, 0.1) is 0 Å². The number of para-hydroxylation sites is 2. The van der Waals surface area contributed by atoms with Gasteiger partial charge < -0.3 is 19.5 Å². The van der Waals surface area contributed by atoms with Crippen molar-refractivity contribution in [1.82, 2.24) is 14.5 Å². The first-order valence-electron chi connectivity index (χ1n) is 11.3. The summed E-state index contributed by atoms with van der Waals surface area (Å²) in [6.45, 7) is 0.218. The van der Waals surface area contributed by atoms with E-state index < -0.39 is 0 Å². The number of thioether (sulfide) groups is 1. The molecule has 0 aliphatic heterocycles. The van der Waals surface area contributed by atoms with Crippen LogP contribution in [0.1, 0.15) is 32.1 Å². The molecule has 0 radical (unpaired) electrons. The van der Waals surface area contributed by atoms with Gasteiger partial charge in [-0.1, -0.05) is 43.2 Å². The second-order valence-corrected chi connectivity index (χ2v) is 9.27. The van der Waals surface area contributed by atoms with Crippen LogP contribution in [0.15, 0.2) is 53.7 Å². The van der Waals surface area contributed by atoms with E-state index in [1.807, 2.05) is 40.8 Å². The summed E-state index contributed by atoms with van der Waals surface area (Å²) in [5.74, 6) is 0.880. The minimum Gasteiger partial charge on any atom is -0.497 e. The quantitative estimate of drug-likeness (QED) is 0.492. The van der Waals surface area contributed by atoms with Gasteiger partial charge in [-0.2, -0.15) is 0 Å². The highest BCUT2D eigenvalue weighted by atomic mass is 32.2. The molecular weight excluding hydrogens is 436 g/mol. The number of hydrogen-bond acceptors (Lipinski definition) is 5. The first-order chi connectivity index (χ1) is 16.0. The molecule has 33 heavy (non-hydrogen) atoms. The third-order valence-corrected chi connectivity index (χ3v) is 7.11. The van der Waals surface area contributed by atoms with E-state index in [1.165, 1.54) is 31.0 Å². The lowest BCUT2D eigenvalue weighted by Crippen LogP contribution is -2.40. The van der Waals surface area contributed by atoms with E-state index in [0.29, 0.717) is 16.9 Å². The molecule has 3 aromatic rings. The number of rotatable bonds is 8. The van der Waals surface area contributed by atoms with Gasteiger partial charge in [0.15, 0.2) is 5.16 Å². The van der Waals surface area contributed by atoms with Gasteiger partial charge in [-0.15, -0.1) is 0 Å². The minimum atomic E-state index is -0.130. The maximum Gasteiger partial charge on any atom is 0.242 e. The zero-order chi connectivity index (χ0) is 23.2. The van der Waals surface area contributed by atoms with Crippen LogP contribution in [0.25, 0.3) is 11.0 Å².